The van der Waals surface area contributed by atoms with Gasteiger partial charge in [0.2, 0.25) is 5.91 Å². The van der Waals surface area contributed by atoms with E-state index >= 15 is 0 Å². The van der Waals surface area contributed by atoms with E-state index < -0.39 is 0 Å². The molecule has 0 bridgehead atoms. The summed E-state index contributed by atoms with van der Waals surface area (Å²) in [5.74, 6) is 0.871. The number of hydrogen-bond donors (Lipinski definition) is 1. The number of rotatable bonds is 6. The summed E-state index contributed by atoms with van der Waals surface area (Å²) in [6.07, 6.45) is 0.505. The number of hydrogen-bond acceptors (Lipinski definition) is 2. The maximum absolute atomic E-state index is 11.1. The van der Waals surface area contributed by atoms with E-state index in [9.17, 15) is 4.79 Å². The molecule has 1 amide bonds. The quantitative estimate of drug-likeness (QED) is 0.635. The highest BCUT2D eigenvalue weighted by Crippen LogP contribution is 2.07. The van der Waals surface area contributed by atoms with E-state index in [0.29, 0.717) is 24.9 Å². The van der Waals surface area contributed by atoms with Crippen molar-refractivity contribution in [2.45, 2.75) is 6.42 Å². The van der Waals surface area contributed by atoms with Crippen molar-refractivity contribution in [1.29, 1.82) is 0 Å². The molecular weight excluding hydrogens is 258 g/mol. The molecule has 15 heavy (non-hydrogen) atoms. The number of benzene rings is 1. The largest absolute Gasteiger partial charge is 0.492 e. The van der Waals surface area contributed by atoms with Crippen LogP contribution in [0.25, 0.3) is 0 Å². The molecule has 3 nitrogen and oxygen atoms in total. The summed E-state index contributed by atoms with van der Waals surface area (Å²) in [4.78, 5) is 11.1. The lowest BCUT2D eigenvalue weighted by atomic mass is 10.3. The minimum Gasteiger partial charge on any atom is -0.492 e. The predicted octanol–water partition coefficient (Wildman–Crippen LogP) is 1.97. The lowest BCUT2D eigenvalue weighted by Crippen LogP contribution is -2.28. The van der Waals surface area contributed by atoms with Crippen molar-refractivity contribution < 1.29 is 9.53 Å². The van der Waals surface area contributed by atoms with Crippen LogP contribution in [0.3, 0.4) is 0 Å². The molecule has 0 aliphatic carbocycles. The highest BCUT2D eigenvalue weighted by Gasteiger charge is 1.98. The molecule has 4 heteroatoms. The Morgan fingerprint density at radius 1 is 1.33 bits per heavy atom. The summed E-state index contributed by atoms with van der Waals surface area (Å²) in [5.41, 5.74) is 0. The monoisotopic (exact) mass is 271 g/mol. The third-order valence-electron chi connectivity index (χ3n) is 1.76. The molecule has 0 saturated carbocycles. The highest BCUT2D eigenvalue weighted by atomic mass is 79.9. The first-order valence-corrected chi connectivity index (χ1v) is 5.95. The number of nitrogens with one attached hydrogen (secondary N) is 1. The zero-order valence-electron chi connectivity index (χ0n) is 8.41. The maximum atomic E-state index is 11.1. The molecule has 0 aliphatic heterocycles. The van der Waals surface area contributed by atoms with E-state index in [2.05, 4.69) is 21.2 Å². The van der Waals surface area contributed by atoms with E-state index in [1.165, 1.54) is 0 Å². The first-order valence-electron chi connectivity index (χ1n) is 4.83. The van der Waals surface area contributed by atoms with E-state index in [1.54, 1.807) is 0 Å². The molecule has 0 spiro atoms. The topological polar surface area (TPSA) is 38.3 Å². The van der Waals surface area contributed by atoms with E-state index in [1.807, 2.05) is 30.3 Å². The molecule has 0 saturated heterocycles. The molecule has 0 unspecified atom stereocenters. The van der Waals surface area contributed by atoms with Gasteiger partial charge in [-0.1, -0.05) is 34.1 Å². The summed E-state index contributed by atoms with van der Waals surface area (Å²) < 4.78 is 5.41. The zero-order valence-corrected chi connectivity index (χ0v) is 10.00. The van der Waals surface area contributed by atoms with Gasteiger partial charge in [-0.15, -0.1) is 0 Å². The minimum atomic E-state index is 0.0449. The Balaban J connectivity index is 2.10. The Hall–Kier alpha value is -1.03. The van der Waals surface area contributed by atoms with Gasteiger partial charge in [0.1, 0.15) is 12.4 Å². The Morgan fingerprint density at radius 3 is 2.73 bits per heavy atom. The molecule has 82 valence electrons. The Morgan fingerprint density at radius 2 is 2.07 bits per heavy atom. The van der Waals surface area contributed by atoms with E-state index in [-0.39, 0.29) is 5.91 Å². The summed E-state index contributed by atoms with van der Waals surface area (Å²) in [6, 6.07) is 9.54. The number of alkyl halides is 1. The smallest absolute Gasteiger partial charge is 0.220 e. The fourth-order valence-electron chi connectivity index (χ4n) is 1.05. The average molecular weight is 272 g/mol. The molecule has 1 rings (SSSR count). The van der Waals surface area contributed by atoms with E-state index in [4.69, 9.17) is 4.74 Å². The molecule has 1 N–H and O–H groups in total. The van der Waals surface area contributed by atoms with Crippen LogP contribution in [0, 0.1) is 0 Å². The van der Waals surface area contributed by atoms with Gasteiger partial charge in [0.05, 0.1) is 6.54 Å². The second-order valence-corrected chi connectivity index (χ2v) is 3.74. The predicted molar refractivity (Wildman–Crippen MR) is 63.4 cm³/mol. The molecular formula is C11H14BrNO2. The van der Waals surface area contributed by atoms with Crippen LogP contribution in [0.2, 0.25) is 0 Å². The number of carbonyl (C=O) groups is 1. The van der Waals surface area contributed by atoms with Gasteiger partial charge in [-0.3, -0.25) is 4.79 Å². The standard InChI is InChI=1S/C11H14BrNO2/c12-7-6-11(14)13-8-9-15-10-4-2-1-3-5-10/h1-5H,6-9H2,(H,13,14). The summed E-state index contributed by atoms with van der Waals surface area (Å²) in [6.45, 7) is 1.04. The highest BCUT2D eigenvalue weighted by molar-refractivity contribution is 9.09. The summed E-state index contributed by atoms with van der Waals surface area (Å²) >= 11 is 3.20. The fourth-order valence-corrected chi connectivity index (χ4v) is 1.41. The normalized spacial score (nSPS) is 9.67. The van der Waals surface area contributed by atoms with Gasteiger partial charge in [0, 0.05) is 11.8 Å². The number of amides is 1. The molecule has 0 aliphatic rings. The SMILES string of the molecule is O=C(CCBr)NCCOc1ccccc1. The van der Waals surface area contributed by atoms with Crippen LogP contribution in [0.5, 0.6) is 5.75 Å². The number of halogens is 1. The van der Waals surface area contributed by atoms with Gasteiger partial charge in [0.15, 0.2) is 0 Å². The van der Waals surface area contributed by atoms with Crippen molar-refractivity contribution in [3.8, 4) is 5.75 Å². The zero-order chi connectivity index (χ0) is 10.9. The van der Waals surface area contributed by atoms with Crippen LogP contribution in [-0.2, 0) is 4.79 Å². The lowest BCUT2D eigenvalue weighted by molar-refractivity contribution is -0.120. The molecule has 0 atom stereocenters. The van der Waals surface area contributed by atoms with Gasteiger partial charge in [-0.2, -0.15) is 0 Å². The first-order chi connectivity index (χ1) is 7.33. The van der Waals surface area contributed by atoms with Crippen LogP contribution < -0.4 is 10.1 Å². The van der Waals surface area contributed by atoms with Crippen molar-refractivity contribution >= 4 is 21.8 Å². The van der Waals surface area contributed by atoms with Gasteiger partial charge >= 0.3 is 0 Å². The van der Waals surface area contributed by atoms with Crippen LogP contribution in [0.15, 0.2) is 30.3 Å². The van der Waals surface area contributed by atoms with Gasteiger partial charge in [-0.25, -0.2) is 0 Å². The molecule has 1 aromatic rings. The fraction of sp³-hybridized carbons (Fsp3) is 0.364. The number of ether oxygens (including phenoxy) is 1. The van der Waals surface area contributed by atoms with Gasteiger partial charge in [0.25, 0.3) is 0 Å². The Bertz CT molecular complexity index is 290. The Labute approximate surface area is 97.9 Å². The van der Waals surface area contributed by atoms with Gasteiger partial charge < -0.3 is 10.1 Å². The van der Waals surface area contributed by atoms with Crippen molar-refractivity contribution in [3.05, 3.63) is 30.3 Å². The van der Waals surface area contributed by atoms with Crippen LogP contribution in [0.4, 0.5) is 0 Å². The third-order valence-corrected chi connectivity index (χ3v) is 2.15. The number of para-hydroxylation sites is 1. The second kappa shape index (κ2) is 7.29. The molecule has 0 heterocycles. The van der Waals surface area contributed by atoms with E-state index in [0.717, 1.165) is 5.75 Å². The summed E-state index contributed by atoms with van der Waals surface area (Å²) in [5, 5.41) is 3.45. The minimum absolute atomic E-state index is 0.0449. The van der Waals surface area contributed by atoms with Crippen molar-refractivity contribution in [2.24, 2.45) is 0 Å². The number of carbonyl (C=O) groups excluding carboxylic acids is 1. The van der Waals surface area contributed by atoms with Crippen LogP contribution >= 0.6 is 15.9 Å². The van der Waals surface area contributed by atoms with Crippen molar-refractivity contribution in [1.82, 2.24) is 5.32 Å². The summed E-state index contributed by atoms with van der Waals surface area (Å²) in [7, 11) is 0. The average Bonchev–Trinajstić information content (AvgIpc) is 2.26. The molecule has 0 aromatic heterocycles. The van der Waals surface area contributed by atoms with Crippen molar-refractivity contribution in [2.75, 3.05) is 18.5 Å². The third kappa shape index (κ3) is 5.42. The molecule has 1 aromatic carbocycles. The van der Waals surface area contributed by atoms with Crippen LogP contribution in [0.1, 0.15) is 6.42 Å². The Kier molecular flexibility index (Phi) is 5.85. The maximum Gasteiger partial charge on any atom is 0.220 e. The molecule has 0 radical (unpaired) electrons. The van der Waals surface area contributed by atoms with Crippen LogP contribution in [-0.4, -0.2) is 24.4 Å². The second-order valence-electron chi connectivity index (χ2n) is 2.95. The van der Waals surface area contributed by atoms with Gasteiger partial charge in [-0.05, 0) is 12.1 Å². The molecule has 0 fully saturated rings. The lowest BCUT2D eigenvalue weighted by Gasteiger charge is -2.06. The van der Waals surface area contributed by atoms with Crippen molar-refractivity contribution in [3.63, 3.8) is 0 Å². The first kappa shape index (κ1) is 12.0.